The fraction of sp³-hybridized carbons (Fsp3) is 0.412. The first kappa shape index (κ1) is 21.7. The zero-order valence-electron chi connectivity index (χ0n) is 15.4. The highest BCUT2D eigenvalue weighted by Gasteiger charge is 2.33. The number of aryl methyl sites for hydroxylation is 1. The molecule has 154 valence electrons. The predicted octanol–water partition coefficient (Wildman–Crippen LogP) is 3.00. The van der Waals surface area contributed by atoms with E-state index < -0.39 is 27.6 Å². The normalized spacial score (nSPS) is 12.0. The highest BCUT2D eigenvalue weighted by Crippen LogP contribution is 2.32. The molecular weight excluding hydrogens is 397 g/mol. The Morgan fingerprint density at radius 1 is 1.25 bits per heavy atom. The highest BCUT2D eigenvalue weighted by atomic mass is 32.2. The van der Waals surface area contributed by atoms with Gasteiger partial charge >= 0.3 is 12.2 Å². The Labute approximate surface area is 161 Å². The number of hydrogen-bond donors (Lipinski definition) is 1. The van der Waals surface area contributed by atoms with E-state index in [1.54, 1.807) is 6.92 Å². The van der Waals surface area contributed by atoms with Gasteiger partial charge in [-0.3, -0.25) is 10.00 Å². The second kappa shape index (κ2) is 8.63. The number of carbonyl (C=O) groups is 1. The molecule has 2 rings (SSSR count). The molecule has 0 spiro atoms. The number of carbonyl (C=O) groups excluding carboxylic acids is 1. The smallest absolute Gasteiger partial charge is 0.323 e. The van der Waals surface area contributed by atoms with Gasteiger partial charge in [-0.05, 0) is 11.6 Å². The number of alkyl halides is 3. The van der Waals surface area contributed by atoms with E-state index in [0.29, 0.717) is 0 Å². The van der Waals surface area contributed by atoms with Crippen LogP contribution in [-0.2, 0) is 29.1 Å². The summed E-state index contributed by atoms with van der Waals surface area (Å²) in [6.07, 6.45) is -2.99. The van der Waals surface area contributed by atoms with Crippen molar-refractivity contribution >= 4 is 21.7 Å². The maximum atomic E-state index is 13.1. The minimum Gasteiger partial charge on any atom is -0.323 e. The molecule has 7 nitrogen and oxygen atoms in total. The van der Waals surface area contributed by atoms with Gasteiger partial charge in [-0.2, -0.15) is 18.3 Å². The number of anilines is 1. The summed E-state index contributed by atoms with van der Waals surface area (Å²) in [5.74, 6) is 0.129. The number of halogens is 3. The first-order chi connectivity index (χ1) is 13.0. The molecule has 0 aliphatic rings. The third kappa shape index (κ3) is 5.98. The van der Waals surface area contributed by atoms with Crippen molar-refractivity contribution < 1.29 is 26.4 Å². The van der Waals surface area contributed by atoms with Crippen LogP contribution in [0.5, 0.6) is 0 Å². The summed E-state index contributed by atoms with van der Waals surface area (Å²) >= 11 is 0. The van der Waals surface area contributed by atoms with Crippen LogP contribution >= 0.6 is 0 Å². The third-order valence-corrected chi connectivity index (χ3v) is 5.71. The minimum atomic E-state index is -4.51. The molecule has 1 heterocycles. The van der Waals surface area contributed by atoms with Crippen LogP contribution in [0.2, 0.25) is 0 Å². The number of aromatic nitrogens is 2. The maximum Gasteiger partial charge on any atom is 0.416 e. The average Bonchev–Trinajstić information content (AvgIpc) is 3.07. The second-order valence-electron chi connectivity index (χ2n) is 6.14. The molecule has 1 N–H and O–H groups in total. The fourth-order valence-corrected chi connectivity index (χ4v) is 3.15. The van der Waals surface area contributed by atoms with Crippen LogP contribution in [0.3, 0.4) is 0 Å². The van der Waals surface area contributed by atoms with Gasteiger partial charge in [0.15, 0.2) is 15.7 Å². The lowest BCUT2D eigenvalue weighted by molar-refractivity contribution is -0.138. The van der Waals surface area contributed by atoms with Crippen molar-refractivity contribution in [2.24, 2.45) is 0 Å². The summed E-state index contributed by atoms with van der Waals surface area (Å²) in [4.78, 5) is 13.3. The van der Waals surface area contributed by atoms with E-state index in [9.17, 15) is 26.4 Å². The molecule has 28 heavy (non-hydrogen) atoms. The zero-order chi connectivity index (χ0) is 20.9. The van der Waals surface area contributed by atoms with Gasteiger partial charge in [-0.1, -0.05) is 25.1 Å². The number of urea groups is 1. The van der Waals surface area contributed by atoms with E-state index in [0.717, 1.165) is 11.0 Å². The van der Waals surface area contributed by atoms with Crippen LogP contribution in [0.4, 0.5) is 23.8 Å². The number of hydrogen-bond acceptors (Lipinski definition) is 4. The monoisotopic (exact) mass is 418 g/mol. The molecule has 11 heteroatoms. The molecule has 0 fully saturated rings. The Morgan fingerprint density at radius 2 is 1.93 bits per heavy atom. The topological polar surface area (TPSA) is 84.3 Å². The van der Waals surface area contributed by atoms with Crippen LogP contribution in [0.1, 0.15) is 18.1 Å². The lowest BCUT2D eigenvalue weighted by atomic mass is 10.1. The first-order valence-electron chi connectivity index (χ1n) is 8.43. The Kier molecular flexibility index (Phi) is 6.70. The van der Waals surface area contributed by atoms with E-state index in [4.69, 9.17) is 0 Å². The van der Waals surface area contributed by atoms with Gasteiger partial charge in [0.05, 0.1) is 17.9 Å². The molecule has 2 amide bonds. The molecule has 1 aromatic heterocycles. The zero-order valence-corrected chi connectivity index (χ0v) is 16.2. The standard InChI is InChI=1S/C17H21F3N4O3S/c1-3-28(26,27)11-10-24-9-8-15(22-24)21-16(25)23(2)12-13-6-4-5-7-14(13)17(18,19)20/h4-9H,3,10-12H2,1-2H3,(H,21,22,25). The number of nitrogens with zero attached hydrogens (tertiary/aromatic N) is 3. The van der Waals surface area contributed by atoms with Gasteiger partial charge in [0.25, 0.3) is 0 Å². The van der Waals surface area contributed by atoms with Crippen LogP contribution in [0, 0.1) is 0 Å². The maximum absolute atomic E-state index is 13.1. The van der Waals surface area contributed by atoms with Crippen molar-refractivity contribution in [3.05, 3.63) is 47.7 Å². The SMILES string of the molecule is CCS(=O)(=O)CCn1ccc(NC(=O)N(C)Cc2ccccc2C(F)(F)F)n1. The summed E-state index contributed by atoms with van der Waals surface area (Å²) in [5.41, 5.74) is -0.820. The van der Waals surface area contributed by atoms with Gasteiger partial charge in [-0.25, -0.2) is 13.2 Å². The van der Waals surface area contributed by atoms with Crippen LogP contribution in [0.25, 0.3) is 0 Å². The molecule has 2 aromatic rings. The first-order valence-corrected chi connectivity index (χ1v) is 10.2. The molecule has 0 unspecified atom stereocenters. The Balaban J connectivity index is 1.99. The van der Waals surface area contributed by atoms with Crippen molar-refractivity contribution in [2.45, 2.75) is 26.2 Å². The van der Waals surface area contributed by atoms with Crippen LogP contribution in [-0.4, -0.2) is 47.7 Å². The van der Waals surface area contributed by atoms with Crippen molar-refractivity contribution in [3.63, 3.8) is 0 Å². The molecule has 0 aliphatic carbocycles. The van der Waals surface area contributed by atoms with Crippen LogP contribution < -0.4 is 5.32 Å². The lowest BCUT2D eigenvalue weighted by Crippen LogP contribution is -2.31. The van der Waals surface area contributed by atoms with Gasteiger partial charge in [0, 0.05) is 31.6 Å². The number of sulfone groups is 1. The van der Waals surface area contributed by atoms with E-state index in [-0.39, 0.29) is 36.0 Å². The third-order valence-electron chi connectivity index (χ3n) is 4.02. The molecule has 0 saturated carbocycles. The molecule has 0 saturated heterocycles. The van der Waals surface area contributed by atoms with Crippen molar-refractivity contribution in [1.29, 1.82) is 0 Å². The average molecular weight is 418 g/mol. The van der Waals surface area contributed by atoms with Crippen LogP contribution in [0.15, 0.2) is 36.5 Å². The number of amides is 2. The molecule has 0 radical (unpaired) electrons. The second-order valence-corrected chi connectivity index (χ2v) is 8.61. The predicted molar refractivity (Wildman–Crippen MR) is 98.5 cm³/mol. The minimum absolute atomic E-state index is 0.0250. The summed E-state index contributed by atoms with van der Waals surface area (Å²) in [5, 5.41) is 6.52. The van der Waals surface area contributed by atoms with Crippen molar-refractivity contribution in [2.75, 3.05) is 23.9 Å². The number of rotatable bonds is 7. The largest absolute Gasteiger partial charge is 0.416 e. The summed E-state index contributed by atoms with van der Waals surface area (Å²) in [6, 6.07) is 5.89. The van der Waals surface area contributed by atoms with Crippen molar-refractivity contribution in [1.82, 2.24) is 14.7 Å². The van der Waals surface area contributed by atoms with Gasteiger partial charge in [-0.15, -0.1) is 0 Å². The van der Waals surface area contributed by atoms with Gasteiger partial charge in [0.2, 0.25) is 0 Å². The van der Waals surface area contributed by atoms with E-state index in [1.165, 1.54) is 42.2 Å². The molecule has 1 aromatic carbocycles. The van der Waals surface area contributed by atoms with E-state index >= 15 is 0 Å². The summed E-state index contributed by atoms with van der Waals surface area (Å²) in [7, 11) is -1.78. The Hall–Kier alpha value is -2.56. The molecule has 0 atom stereocenters. The number of nitrogens with one attached hydrogen (secondary N) is 1. The van der Waals surface area contributed by atoms with E-state index in [1.807, 2.05) is 0 Å². The quantitative estimate of drug-likeness (QED) is 0.749. The fourth-order valence-electron chi connectivity index (χ4n) is 2.40. The van der Waals surface area contributed by atoms with Gasteiger partial charge < -0.3 is 4.90 Å². The molecule has 0 aliphatic heterocycles. The summed E-state index contributed by atoms with van der Waals surface area (Å²) in [6.45, 7) is 1.45. The molecular formula is C17H21F3N4O3S. The Morgan fingerprint density at radius 3 is 2.57 bits per heavy atom. The highest BCUT2D eigenvalue weighted by molar-refractivity contribution is 7.91. The van der Waals surface area contributed by atoms with E-state index in [2.05, 4.69) is 10.4 Å². The summed E-state index contributed by atoms with van der Waals surface area (Å²) < 4.78 is 63.6. The lowest BCUT2D eigenvalue weighted by Gasteiger charge is -2.20. The molecule has 0 bridgehead atoms. The van der Waals surface area contributed by atoms with Gasteiger partial charge in [0.1, 0.15) is 0 Å². The van der Waals surface area contributed by atoms with Crippen molar-refractivity contribution in [3.8, 4) is 0 Å². The Bertz CT molecular complexity index is 926. The number of benzene rings is 1.